The number of alkyl halides is 1. The lowest BCUT2D eigenvalue weighted by molar-refractivity contribution is 0.398. The van der Waals surface area contributed by atoms with Crippen LogP contribution in [0.3, 0.4) is 0 Å². The summed E-state index contributed by atoms with van der Waals surface area (Å²) in [6.45, 7) is 0. The van der Waals surface area contributed by atoms with Gasteiger partial charge in [0.05, 0.1) is 13.0 Å². The van der Waals surface area contributed by atoms with E-state index in [2.05, 4.69) is 9.97 Å². The number of halogens is 1. The van der Waals surface area contributed by atoms with Crippen LogP contribution in [0.25, 0.3) is 10.6 Å². The Morgan fingerprint density at radius 1 is 1.33 bits per heavy atom. The molecule has 15 heavy (non-hydrogen) atoms. The summed E-state index contributed by atoms with van der Waals surface area (Å²) in [7, 11) is 1.59. The molecule has 0 aliphatic heterocycles. The molecule has 2 rings (SSSR count). The van der Waals surface area contributed by atoms with Crippen LogP contribution >= 0.6 is 22.9 Å². The molecule has 0 aliphatic rings. The predicted molar refractivity (Wildman–Crippen MR) is 61.5 cm³/mol. The number of methoxy groups -OCH3 is 1. The van der Waals surface area contributed by atoms with Gasteiger partial charge in [-0.2, -0.15) is 0 Å². The fourth-order valence-electron chi connectivity index (χ4n) is 1.13. The maximum Gasteiger partial charge on any atom is 0.212 e. The molecule has 0 fully saturated rings. The van der Waals surface area contributed by atoms with Gasteiger partial charge in [-0.25, -0.2) is 9.97 Å². The van der Waals surface area contributed by atoms with Crippen LogP contribution in [0.2, 0.25) is 0 Å². The number of nitrogens with zero attached hydrogens (tertiary/aromatic N) is 2. The summed E-state index contributed by atoms with van der Waals surface area (Å²) in [6, 6.07) is 3.75. The predicted octanol–water partition coefficient (Wildman–Crippen LogP) is 2.95. The largest absolute Gasteiger partial charge is 0.481 e. The first-order valence-electron chi connectivity index (χ1n) is 4.34. The van der Waals surface area contributed by atoms with Crippen LogP contribution in [0.15, 0.2) is 24.5 Å². The van der Waals surface area contributed by atoms with Crippen LogP contribution in [0.4, 0.5) is 0 Å². The Kier molecular flexibility index (Phi) is 3.18. The number of rotatable bonds is 3. The van der Waals surface area contributed by atoms with Crippen LogP contribution in [0.1, 0.15) is 4.88 Å². The Bertz CT molecular complexity index is 441. The first-order chi connectivity index (χ1) is 7.33. The van der Waals surface area contributed by atoms with Crippen molar-refractivity contribution < 1.29 is 4.74 Å². The molecule has 0 atom stereocenters. The smallest absolute Gasteiger partial charge is 0.212 e. The SMILES string of the molecule is COc1ccc(-c2ncc(CCl)s2)cn1. The van der Waals surface area contributed by atoms with Crippen molar-refractivity contribution in [1.82, 2.24) is 9.97 Å². The quantitative estimate of drug-likeness (QED) is 0.774. The van der Waals surface area contributed by atoms with Gasteiger partial charge in [-0.15, -0.1) is 22.9 Å². The molecule has 0 spiro atoms. The monoisotopic (exact) mass is 240 g/mol. The first-order valence-corrected chi connectivity index (χ1v) is 5.69. The van der Waals surface area contributed by atoms with E-state index in [1.54, 1.807) is 30.8 Å². The van der Waals surface area contributed by atoms with E-state index < -0.39 is 0 Å². The number of aromatic nitrogens is 2. The van der Waals surface area contributed by atoms with E-state index in [1.165, 1.54) is 0 Å². The highest BCUT2D eigenvalue weighted by Gasteiger charge is 2.04. The van der Waals surface area contributed by atoms with Gasteiger partial charge < -0.3 is 4.74 Å². The highest BCUT2D eigenvalue weighted by Crippen LogP contribution is 2.26. The molecular weight excluding hydrogens is 232 g/mol. The van der Waals surface area contributed by atoms with E-state index in [0.717, 1.165) is 15.4 Å². The zero-order valence-electron chi connectivity index (χ0n) is 8.11. The van der Waals surface area contributed by atoms with Gasteiger partial charge in [0.15, 0.2) is 0 Å². The third-order valence-corrected chi connectivity index (χ3v) is 3.37. The Morgan fingerprint density at radius 2 is 2.20 bits per heavy atom. The second-order valence-electron chi connectivity index (χ2n) is 2.85. The third-order valence-electron chi connectivity index (χ3n) is 1.88. The standard InChI is InChI=1S/C10H9ClN2OS/c1-14-9-3-2-7(5-12-9)10-13-6-8(4-11)15-10/h2-3,5-6H,4H2,1H3. The lowest BCUT2D eigenvalue weighted by Crippen LogP contribution is -1.86. The van der Waals surface area contributed by atoms with Gasteiger partial charge in [0.25, 0.3) is 0 Å². The molecule has 0 saturated carbocycles. The normalized spacial score (nSPS) is 10.3. The van der Waals surface area contributed by atoms with Crippen LogP contribution in [-0.2, 0) is 5.88 Å². The van der Waals surface area contributed by atoms with Gasteiger partial charge in [0.2, 0.25) is 5.88 Å². The van der Waals surface area contributed by atoms with Crippen LogP contribution in [-0.4, -0.2) is 17.1 Å². The maximum absolute atomic E-state index is 5.71. The molecule has 78 valence electrons. The number of ether oxygens (including phenoxy) is 1. The summed E-state index contributed by atoms with van der Waals surface area (Å²) in [4.78, 5) is 9.44. The number of pyridine rings is 1. The summed E-state index contributed by atoms with van der Waals surface area (Å²) >= 11 is 7.29. The van der Waals surface area contributed by atoms with E-state index in [-0.39, 0.29) is 0 Å². The van der Waals surface area contributed by atoms with Crippen molar-refractivity contribution in [3.63, 3.8) is 0 Å². The van der Waals surface area contributed by atoms with E-state index in [1.807, 2.05) is 12.1 Å². The Labute approximate surface area is 96.7 Å². The summed E-state index contributed by atoms with van der Waals surface area (Å²) in [6.07, 6.45) is 3.53. The van der Waals surface area contributed by atoms with Gasteiger partial charge in [0.1, 0.15) is 5.01 Å². The molecule has 2 aromatic rings. The van der Waals surface area contributed by atoms with E-state index in [0.29, 0.717) is 11.8 Å². The summed E-state index contributed by atoms with van der Waals surface area (Å²) in [5.41, 5.74) is 0.983. The van der Waals surface area contributed by atoms with Crippen molar-refractivity contribution in [2.45, 2.75) is 5.88 Å². The van der Waals surface area contributed by atoms with Crippen LogP contribution in [0, 0.1) is 0 Å². The average Bonchev–Trinajstić information content (AvgIpc) is 2.78. The molecule has 0 N–H and O–H groups in total. The lowest BCUT2D eigenvalue weighted by atomic mass is 10.3. The second kappa shape index (κ2) is 4.59. The van der Waals surface area contributed by atoms with Crippen molar-refractivity contribution in [1.29, 1.82) is 0 Å². The van der Waals surface area contributed by atoms with Crippen molar-refractivity contribution >= 4 is 22.9 Å². The van der Waals surface area contributed by atoms with Crippen LogP contribution in [0.5, 0.6) is 5.88 Å². The number of thiazole rings is 1. The minimum atomic E-state index is 0.501. The van der Waals surface area contributed by atoms with E-state index >= 15 is 0 Å². The minimum absolute atomic E-state index is 0.501. The molecule has 5 heteroatoms. The number of hydrogen-bond donors (Lipinski definition) is 0. The lowest BCUT2D eigenvalue weighted by Gasteiger charge is -1.98. The molecule has 0 aliphatic carbocycles. The van der Waals surface area contributed by atoms with Crippen molar-refractivity contribution in [2.24, 2.45) is 0 Å². The average molecular weight is 241 g/mol. The zero-order chi connectivity index (χ0) is 10.7. The highest BCUT2D eigenvalue weighted by atomic mass is 35.5. The van der Waals surface area contributed by atoms with E-state index in [4.69, 9.17) is 16.3 Å². The fourth-order valence-corrected chi connectivity index (χ4v) is 2.12. The molecule has 0 amide bonds. The van der Waals surface area contributed by atoms with Crippen molar-refractivity contribution in [3.8, 4) is 16.5 Å². The first kappa shape index (κ1) is 10.4. The molecule has 2 aromatic heterocycles. The van der Waals surface area contributed by atoms with Gasteiger partial charge in [-0.1, -0.05) is 0 Å². The van der Waals surface area contributed by atoms with Gasteiger partial charge in [0, 0.05) is 28.9 Å². The van der Waals surface area contributed by atoms with Crippen molar-refractivity contribution in [3.05, 3.63) is 29.4 Å². The Hall–Kier alpha value is -1.13. The van der Waals surface area contributed by atoms with Gasteiger partial charge in [-0.3, -0.25) is 0 Å². The molecule has 0 bridgehead atoms. The molecule has 2 heterocycles. The molecule has 0 saturated heterocycles. The number of hydrogen-bond acceptors (Lipinski definition) is 4. The Balaban J connectivity index is 2.28. The summed E-state index contributed by atoms with van der Waals surface area (Å²) in [5, 5.41) is 0.931. The molecule has 0 radical (unpaired) electrons. The van der Waals surface area contributed by atoms with Crippen molar-refractivity contribution in [2.75, 3.05) is 7.11 Å². The molecule has 0 aromatic carbocycles. The molecular formula is C10H9ClN2OS. The topological polar surface area (TPSA) is 35.0 Å². The minimum Gasteiger partial charge on any atom is -0.481 e. The summed E-state index contributed by atoms with van der Waals surface area (Å²) < 4.78 is 4.98. The third kappa shape index (κ3) is 2.27. The Morgan fingerprint density at radius 3 is 2.73 bits per heavy atom. The van der Waals surface area contributed by atoms with Gasteiger partial charge >= 0.3 is 0 Å². The van der Waals surface area contributed by atoms with Gasteiger partial charge in [-0.05, 0) is 6.07 Å². The van der Waals surface area contributed by atoms with Crippen LogP contribution < -0.4 is 4.74 Å². The molecule has 0 unspecified atom stereocenters. The van der Waals surface area contributed by atoms with E-state index in [9.17, 15) is 0 Å². The maximum atomic E-state index is 5.71. The fraction of sp³-hybridized carbons (Fsp3) is 0.200. The second-order valence-corrected chi connectivity index (χ2v) is 4.24. The molecule has 3 nitrogen and oxygen atoms in total. The summed E-state index contributed by atoms with van der Waals surface area (Å²) in [5.74, 6) is 1.11. The highest BCUT2D eigenvalue weighted by molar-refractivity contribution is 7.15. The zero-order valence-corrected chi connectivity index (χ0v) is 9.68.